The van der Waals surface area contributed by atoms with Crippen LogP contribution in [0.25, 0.3) is 33.0 Å². The first-order valence-corrected chi connectivity index (χ1v) is 48.8. The largest absolute Gasteiger partial charge is 0.361 e. The second kappa shape index (κ2) is 70.4. The Morgan fingerprint density at radius 1 is 0.339 bits per heavy atom. The number of nitrogens with zero attached hydrogens (tertiary/aromatic N) is 8. The van der Waals surface area contributed by atoms with Crippen LogP contribution in [0.15, 0.2) is 219 Å². The number of hydrogen-bond acceptors (Lipinski definition) is 7. The Hall–Kier alpha value is -8.83. The highest BCUT2D eigenvalue weighted by Crippen LogP contribution is 2.33. The van der Waals surface area contributed by atoms with Gasteiger partial charge in [0.1, 0.15) is 17.5 Å². The zero-order chi connectivity index (χ0) is 94.2. The van der Waals surface area contributed by atoms with Gasteiger partial charge < -0.3 is 14.5 Å². The van der Waals surface area contributed by atoms with Crippen LogP contribution in [-0.2, 0) is 58.7 Å². The average Bonchev–Trinajstić information content (AvgIpc) is 1.54. The van der Waals surface area contributed by atoms with Crippen LogP contribution in [0.1, 0.15) is 359 Å². The van der Waals surface area contributed by atoms with E-state index in [2.05, 4.69) is 327 Å². The average molecular weight is 1690 g/mol. The summed E-state index contributed by atoms with van der Waals surface area (Å²) in [5.74, 6) is 9.26. The Balaban J connectivity index is 0. The molecule has 5 aromatic heterocycles. The van der Waals surface area contributed by atoms with Gasteiger partial charge in [-0.05, 0) is 194 Å². The van der Waals surface area contributed by atoms with Crippen molar-refractivity contribution >= 4 is 33.0 Å². The van der Waals surface area contributed by atoms with Crippen LogP contribution >= 0.6 is 0 Å². The summed E-state index contributed by atoms with van der Waals surface area (Å²) in [5.41, 5.74) is 20.6. The molecule has 12 aromatic rings. The SMILES string of the molecule is CC.CC.CC.CC.CC.CC.CC.CC.CC.CC(C)C1CCc2ccccc2C1.CC(C)C1Cc2ccccc2C1.CC(C)N1CCc2ccccc2C1.CC(C)N1CCc2ncccc2C1.CC(C)c1c[nH]c2ccccc12.CC(C)c1ccccc1.CC(C)c1nc2ccccc2[nH]1.CC(C)c1nc2ccccc2n1C.CC(C)c1ncccn1. The number of imidazole rings is 2. The number of hydrogen-bond donors (Lipinski definition) is 2. The van der Waals surface area contributed by atoms with Crippen LogP contribution in [0.4, 0.5) is 0 Å². The summed E-state index contributed by atoms with van der Waals surface area (Å²) < 4.78 is 2.17. The molecule has 0 saturated carbocycles. The summed E-state index contributed by atoms with van der Waals surface area (Å²) in [6.07, 6.45) is 16.4. The fourth-order valence-electron chi connectivity index (χ4n) is 14.1. The second-order valence-electron chi connectivity index (χ2n) is 31.9. The molecule has 1 unspecified atom stereocenters. The molecule has 2 aliphatic heterocycles. The number of rotatable bonds is 9. The molecule has 10 nitrogen and oxygen atoms in total. The lowest BCUT2D eigenvalue weighted by molar-refractivity contribution is 0.202. The zero-order valence-corrected chi connectivity index (χ0v) is 86.0. The Morgan fingerprint density at radius 2 is 0.758 bits per heavy atom. The fourth-order valence-corrected chi connectivity index (χ4v) is 14.1. The minimum Gasteiger partial charge on any atom is -0.361 e. The molecule has 0 bridgehead atoms. The van der Waals surface area contributed by atoms with Crippen molar-refractivity contribution in [2.24, 2.45) is 30.7 Å². The van der Waals surface area contributed by atoms with E-state index in [1.165, 1.54) is 89.4 Å². The second-order valence-corrected chi connectivity index (χ2v) is 31.9. The van der Waals surface area contributed by atoms with Gasteiger partial charge in [0, 0.05) is 111 Å². The minimum atomic E-state index is 0.436. The smallest absolute Gasteiger partial charge is 0.130 e. The van der Waals surface area contributed by atoms with Crippen molar-refractivity contribution in [3.63, 3.8) is 0 Å². The topological polar surface area (TPSA) is 107 Å². The van der Waals surface area contributed by atoms with E-state index in [0.717, 1.165) is 83.8 Å². The molecule has 2 aliphatic carbocycles. The van der Waals surface area contributed by atoms with Gasteiger partial charge in [-0.25, -0.2) is 19.9 Å². The quantitative estimate of drug-likeness (QED) is 0.148. The summed E-state index contributed by atoms with van der Waals surface area (Å²) in [4.78, 5) is 33.1. The van der Waals surface area contributed by atoms with Gasteiger partial charge in [0.25, 0.3) is 0 Å². The number of benzene rings is 7. The van der Waals surface area contributed by atoms with Crippen molar-refractivity contribution in [3.8, 4) is 0 Å². The Morgan fingerprint density at radius 3 is 1.22 bits per heavy atom. The van der Waals surface area contributed by atoms with E-state index in [1.807, 2.05) is 185 Å². The van der Waals surface area contributed by atoms with Gasteiger partial charge >= 0.3 is 0 Å². The van der Waals surface area contributed by atoms with E-state index in [-0.39, 0.29) is 0 Å². The van der Waals surface area contributed by atoms with Gasteiger partial charge in [0.05, 0.1) is 22.1 Å². The molecule has 0 fully saturated rings. The van der Waals surface area contributed by atoms with Crippen molar-refractivity contribution < 1.29 is 0 Å². The highest BCUT2D eigenvalue weighted by molar-refractivity contribution is 5.83. The molecule has 0 spiro atoms. The van der Waals surface area contributed by atoms with Crippen LogP contribution in [0.2, 0.25) is 0 Å². The molecule has 10 heteroatoms. The number of pyridine rings is 1. The van der Waals surface area contributed by atoms with Gasteiger partial charge in [-0.15, -0.1) is 0 Å². The third-order valence-electron chi connectivity index (χ3n) is 21.1. The maximum atomic E-state index is 4.57. The van der Waals surface area contributed by atoms with Crippen LogP contribution in [0.5, 0.6) is 0 Å². The summed E-state index contributed by atoms with van der Waals surface area (Å²) in [5, 5.41) is 1.35. The monoisotopic (exact) mass is 1690 g/mol. The maximum Gasteiger partial charge on any atom is 0.130 e. The van der Waals surface area contributed by atoms with Crippen molar-refractivity contribution in [1.82, 2.24) is 49.3 Å². The zero-order valence-electron chi connectivity index (χ0n) is 86.0. The van der Waals surface area contributed by atoms with Crippen molar-refractivity contribution in [1.29, 1.82) is 0 Å². The lowest BCUT2D eigenvalue weighted by Crippen LogP contribution is -2.36. The van der Waals surface area contributed by atoms with Crippen LogP contribution in [0, 0.1) is 23.7 Å². The number of aryl methyl sites for hydroxylation is 2. The lowest BCUT2D eigenvalue weighted by Gasteiger charge is -2.31. The summed E-state index contributed by atoms with van der Waals surface area (Å²) in [6.45, 7) is 80.6. The van der Waals surface area contributed by atoms with E-state index in [1.54, 1.807) is 40.2 Å². The van der Waals surface area contributed by atoms with Gasteiger partial charge in [-0.2, -0.15) is 0 Å². The maximum absolute atomic E-state index is 4.57. The number of aromatic amines is 2. The molecular formula is C114H182N10. The van der Waals surface area contributed by atoms with E-state index in [9.17, 15) is 0 Å². The molecule has 124 heavy (non-hydrogen) atoms. The number of fused-ring (bicyclic) bond motifs is 7. The molecule has 0 radical (unpaired) electrons. The predicted octanol–water partition coefficient (Wildman–Crippen LogP) is 33.1. The molecule has 0 saturated heterocycles. The fraction of sp³-hybridized carbons (Fsp3) is 0.518. The standard InChI is InChI=1S/C13H18.C12H17N.C12H16.C11H14N2.C11H16N2.C11H13N.C10H12N2.C9H12.C7H10N2.9C2H6/c1-10(2)12-8-7-11-5-3-4-6-13(11)9-12;1-10(2)13-8-7-11-5-3-4-6-12(11)9-13;1-9(2)12-7-10-5-3-4-6-11(10)8-12;1-8(2)11-12-9-6-4-5-7-10(9)13(11)3;1-9(2)13-7-5-11-10(8-13)4-3-6-12-11;1-8(2)10-7-12-11-6-4-3-5-9(10)11;1-7(2)10-11-8-5-3-4-6-9(8)12-10;1-8(2)9-6-4-3-5-7-9;1-6(2)7-8-4-3-5-9-7;9*1-2/h3-6,10,12H,7-9H2,1-2H3;3-6,10H,7-9H2,1-2H3;3-6,9,12H,7-8H2,1-2H3;4-8H,1-3H3;3-4,6,9H,5,7-8H2,1-2H3;3-8,12H,1-2H3;3-7H,1-2H3,(H,11,12);3-8H,1-2H3;3-6H,1-2H3;9*1-2H3. The molecule has 7 aromatic carbocycles. The molecule has 2 N–H and O–H groups in total. The molecule has 0 amide bonds. The first-order valence-electron chi connectivity index (χ1n) is 48.8. The van der Waals surface area contributed by atoms with E-state index < -0.39 is 0 Å². The number of H-pyrrole nitrogens is 2. The molecule has 7 heterocycles. The molecule has 16 rings (SSSR count). The van der Waals surface area contributed by atoms with Gasteiger partial charge in [-0.1, -0.05) is 373 Å². The van der Waals surface area contributed by atoms with E-state index in [0.29, 0.717) is 41.7 Å². The van der Waals surface area contributed by atoms with Crippen molar-refractivity contribution in [2.75, 3.05) is 13.1 Å². The Kier molecular flexibility index (Phi) is 66.5. The normalized spacial score (nSPS) is 12.8. The third kappa shape index (κ3) is 42.0. The molecule has 4 aliphatic rings. The van der Waals surface area contributed by atoms with Crippen LogP contribution in [0.3, 0.4) is 0 Å². The number of nitrogens with one attached hydrogen (secondary N) is 2. The highest BCUT2D eigenvalue weighted by Gasteiger charge is 2.24. The first-order chi connectivity index (χ1) is 59.9. The van der Waals surface area contributed by atoms with Crippen LogP contribution < -0.4 is 0 Å². The third-order valence-corrected chi connectivity index (χ3v) is 21.1. The van der Waals surface area contributed by atoms with Crippen molar-refractivity contribution in [3.05, 3.63) is 292 Å². The lowest BCUT2D eigenvalue weighted by atomic mass is 9.78. The Bertz CT molecular complexity index is 4220. The first kappa shape index (κ1) is 117. The Labute approximate surface area is 762 Å². The van der Waals surface area contributed by atoms with Gasteiger partial charge in [0.2, 0.25) is 0 Å². The molecule has 688 valence electrons. The summed E-state index contributed by atoms with van der Waals surface area (Å²) in [7, 11) is 2.07. The van der Waals surface area contributed by atoms with Gasteiger partial charge in [-0.3, -0.25) is 14.8 Å². The van der Waals surface area contributed by atoms with E-state index >= 15 is 0 Å². The summed E-state index contributed by atoms with van der Waals surface area (Å²) >= 11 is 0. The highest BCUT2D eigenvalue weighted by atomic mass is 15.2. The molecular weight excluding hydrogens is 1510 g/mol. The van der Waals surface area contributed by atoms with Gasteiger partial charge in [0.15, 0.2) is 0 Å². The minimum absolute atomic E-state index is 0.436. The van der Waals surface area contributed by atoms with Crippen LogP contribution in [-0.4, -0.2) is 74.4 Å². The van der Waals surface area contributed by atoms with Crippen molar-refractivity contribution in [2.45, 2.75) is 349 Å². The predicted molar refractivity (Wildman–Crippen MR) is 554 cm³/mol. The number of aromatic nitrogens is 8. The molecule has 1 atom stereocenters. The van der Waals surface area contributed by atoms with E-state index in [4.69, 9.17) is 0 Å². The number of para-hydroxylation sites is 5. The summed E-state index contributed by atoms with van der Waals surface area (Å²) in [6, 6.07) is 69.2.